The maximum atomic E-state index is 10.7. The number of benzene rings is 1. The predicted molar refractivity (Wildman–Crippen MR) is 54.9 cm³/mol. The van der Waals surface area contributed by atoms with Gasteiger partial charge in [-0.3, -0.25) is 0 Å². The van der Waals surface area contributed by atoms with Gasteiger partial charge in [0.2, 0.25) is 0 Å². The van der Waals surface area contributed by atoms with E-state index in [4.69, 9.17) is 9.84 Å². The average molecular weight is 207 g/mol. The van der Waals surface area contributed by atoms with E-state index in [1.807, 2.05) is 0 Å². The van der Waals surface area contributed by atoms with Crippen molar-refractivity contribution in [3.63, 3.8) is 0 Å². The zero-order valence-electron chi connectivity index (χ0n) is 8.27. The summed E-state index contributed by atoms with van der Waals surface area (Å²) in [6.45, 7) is 1.78. The number of carbonyl (C=O) groups excluding carboxylic acids is 1. The molecule has 0 aliphatic carbocycles. The van der Waals surface area contributed by atoms with Crippen LogP contribution in [0.1, 0.15) is 16.8 Å². The number of ether oxygens (including phenoxy) is 1. The highest BCUT2D eigenvalue weighted by Crippen LogP contribution is 2.20. The lowest BCUT2D eigenvalue weighted by Gasteiger charge is -1.90. The Kier molecular flexibility index (Phi) is 2.99. The minimum Gasteiger partial charge on any atom is -0.423 e. The molecule has 2 aliphatic heterocycles. The molecule has 0 spiro atoms. The van der Waals surface area contributed by atoms with Crippen LogP contribution in [0.4, 0.5) is 0 Å². The fourth-order valence-corrected chi connectivity index (χ4v) is 1.49. The maximum Gasteiger partial charge on any atom is 0.343 e. The van der Waals surface area contributed by atoms with Crippen LogP contribution >= 0.6 is 0 Å². The van der Waals surface area contributed by atoms with E-state index in [1.165, 1.54) is 0 Å². The van der Waals surface area contributed by atoms with Gasteiger partial charge in [0.15, 0.2) is 0 Å². The van der Waals surface area contributed by atoms with Crippen molar-refractivity contribution < 1.29 is 14.6 Å². The van der Waals surface area contributed by atoms with Crippen molar-refractivity contribution in [3.8, 4) is 5.75 Å². The van der Waals surface area contributed by atoms with E-state index >= 15 is 0 Å². The molecule has 1 atom stereocenters. The molecule has 1 aromatic carbocycles. The monoisotopic (exact) mass is 207 g/mol. The van der Waals surface area contributed by atoms with E-state index in [9.17, 15) is 4.79 Å². The van der Waals surface area contributed by atoms with Gasteiger partial charge in [-0.15, -0.1) is 0 Å². The lowest BCUT2D eigenvalue weighted by Crippen LogP contribution is -2.11. The van der Waals surface area contributed by atoms with Gasteiger partial charge < -0.3 is 15.2 Å². The van der Waals surface area contributed by atoms with Gasteiger partial charge in [-0.1, -0.05) is 6.07 Å². The Bertz CT molecular complexity index is 359. The van der Waals surface area contributed by atoms with E-state index in [-0.39, 0.29) is 12.1 Å². The molecule has 0 aromatic heterocycles. The number of rotatable bonds is 0. The highest BCUT2D eigenvalue weighted by atomic mass is 16.5. The van der Waals surface area contributed by atoms with Crippen molar-refractivity contribution >= 4 is 5.97 Å². The Labute approximate surface area is 87.9 Å². The summed E-state index contributed by atoms with van der Waals surface area (Å²) in [5.74, 6) is 0.410. The third kappa shape index (κ3) is 2.55. The zero-order valence-corrected chi connectivity index (χ0v) is 8.27. The number of aliphatic hydroxyl groups is 1. The van der Waals surface area contributed by atoms with Crippen LogP contribution in [-0.2, 0) is 0 Å². The van der Waals surface area contributed by atoms with E-state index < -0.39 is 0 Å². The molecule has 0 radical (unpaired) electrons. The summed E-state index contributed by atoms with van der Waals surface area (Å²) < 4.78 is 4.75. The number of hydrogen-bond donors (Lipinski definition) is 2. The molecule has 1 unspecified atom stereocenters. The first kappa shape index (κ1) is 10.1. The number of β-amino-alcohol motifs (C(OH)–C–C–N with tert-alkyl or cyclic N) is 1. The third-order valence-electron chi connectivity index (χ3n) is 2.31. The van der Waals surface area contributed by atoms with Gasteiger partial charge in [0.25, 0.3) is 0 Å². The van der Waals surface area contributed by atoms with Crippen LogP contribution in [0, 0.1) is 0 Å². The van der Waals surface area contributed by atoms with Crippen LogP contribution in [0.3, 0.4) is 0 Å². The van der Waals surface area contributed by atoms with E-state index in [0.717, 1.165) is 19.5 Å². The third-order valence-corrected chi connectivity index (χ3v) is 2.31. The normalized spacial score (nSPS) is 21.9. The van der Waals surface area contributed by atoms with E-state index in [2.05, 4.69) is 5.32 Å². The SMILES string of the molecule is O=C1Oc2cccc1c2.OC1CCNC1. The molecule has 2 N–H and O–H groups in total. The van der Waals surface area contributed by atoms with Crippen molar-refractivity contribution in [1.82, 2.24) is 5.32 Å². The number of carbonyl (C=O) groups is 1. The second-order valence-electron chi connectivity index (χ2n) is 3.56. The van der Waals surface area contributed by atoms with Crippen LogP contribution in [0.5, 0.6) is 5.75 Å². The van der Waals surface area contributed by atoms with E-state index in [1.54, 1.807) is 24.3 Å². The van der Waals surface area contributed by atoms with Crippen molar-refractivity contribution in [2.45, 2.75) is 12.5 Å². The van der Waals surface area contributed by atoms with Crippen LogP contribution in [-0.4, -0.2) is 30.3 Å². The molecule has 0 amide bonds. The molecule has 15 heavy (non-hydrogen) atoms. The number of fused-ring (bicyclic) bond motifs is 2. The smallest absolute Gasteiger partial charge is 0.343 e. The Balaban J connectivity index is 0.000000124. The molecule has 1 saturated heterocycles. The first-order valence-corrected chi connectivity index (χ1v) is 4.97. The molecular weight excluding hydrogens is 194 g/mol. The molecule has 4 nitrogen and oxygen atoms in total. The number of nitrogens with one attached hydrogen (secondary N) is 1. The molecule has 1 aromatic rings. The molecule has 2 aliphatic rings. The Morgan fingerprint density at radius 2 is 2.33 bits per heavy atom. The quantitative estimate of drug-likeness (QED) is 0.610. The van der Waals surface area contributed by atoms with Crippen LogP contribution in [0.15, 0.2) is 24.3 Å². The standard InChI is InChI=1S/C7H4O2.C4H9NO/c8-7-5-2-1-3-6(4-5)9-7;6-4-1-2-5-3-4/h1-4H;4-6H,1-3H2. The van der Waals surface area contributed by atoms with Crippen molar-refractivity contribution in [2.24, 2.45) is 0 Å². The fourth-order valence-electron chi connectivity index (χ4n) is 1.49. The number of hydrogen-bond acceptors (Lipinski definition) is 4. The molecule has 80 valence electrons. The maximum absolute atomic E-state index is 10.7. The Morgan fingerprint density at radius 1 is 1.47 bits per heavy atom. The molecule has 2 bridgehead atoms. The summed E-state index contributed by atoms with van der Waals surface area (Å²) in [6, 6.07) is 7.02. The molecular formula is C11H13NO3. The minimum absolute atomic E-state index is 0.0648. The van der Waals surface area contributed by atoms with Crippen molar-refractivity contribution in [1.29, 1.82) is 0 Å². The van der Waals surface area contributed by atoms with Crippen LogP contribution < -0.4 is 10.1 Å². The molecule has 4 heteroatoms. The summed E-state index contributed by atoms with van der Waals surface area (Å²) in [5.41, 5.74) is 0.646. The van der Waals surface area contributed by atoms with Crippen molar-refractivity contribution in [3.05, 3.63) is 29.8 Å². The van der Waals surface area contributed by atoms with Gasteiger partial charge in [-0.2, -0.15) is 0 Å². The van der Waals surface area contributed by atoms with Gasteiger partial charge in [-0.05, 0) is 31.2 Å². The zero-order chi connectivity index (χ0) is 10.7. The fraction of sp³-hybridized carbons (Fsp3) is 0.364. The molecule has 0 saturated carbocycles. The van der Waals surface area contributed by atoms with Crippen molar-refractivity contribution in [2.75, 3.05) is 13.1 Å². The summed E-state index contributed by atoms with van der Waals surface area (Å²) in [6.07, 6.45) is 0.866. The summed E-state index contributed by atoms with van der Waals surface area (Å²) in [7, 11) is 0. The van der Waals surface area contributed by atoms with Gasteiger partial charge in [0.05, 0.1) is 11.7 Å². The Morgan fingerprint density at radius 3 is 2.80 bits per heavy atom. The summed E-state index contributed by atoms with van der Waals surface area (Å²) in [4.78, 5) is 10.7. The van der Waals surface area contributed by atoms with E-state index in [0.29, 0.717) is 11.3 Å². The molecule has 1 fully saturated rings. The lowest BCUT2D eigenvalue weighted by molar-refractivity contribution is 0.0755. The predicted octanol–water partition coefficient (Wildman–Crippen LogP) is 0.560. The highest BCUT2D eigenvalue weighted by Gasteiger charge is 2.15. The topological polar surface area (TPSA) is 58.6 Å². The largest absolute Gasteiger partial charge is 0.423 e. The van der Waals surface area contributed by atoms with Gasteiger partial charge in [-0.25, -0.2) is 4.79 Å². The Hall–Kier alpha value is -1.39. The molecule has 3 rings (SSSR count). The first-order chi connectivity index (χ1) is 7.25. The van der Waals surface area contributed by atoms with Crippen LogP contribution in [0.2, 0.25) is 0 Å². The second kappa shape index (κ2) is 4.42. The number of esters is 1. The van der Waals surface area contributed by atoms with Gasteiger partial charge >= 0.3 is 5.97 Å². The summed E-state index contributed by atoms with van der Waals surface area (Å²) in [5, 5.41) is 11.7. The highest BCUT2D eigenvalue weighted by molar-refractivity contribution is 5.94. The lowest BCUT2D eigenvalue weighted by atomic mass is 10.2. The molecule has 2 heterocycles. The summed E-state index contributed by atoms with van der Waals surface area (Å²) >= 11 is 0. The average Bonchev–Trinajstić information content (AvgIpc) is 2.78. The van der Waals surface area contributed by atoms with Gasteiger partial charge in [0.1, 0.15) is 5.75 Å². The van der Waals surface area contributed by atoms with Crippen LogP contribution in [0.25, 0.3) is 0 Å². The minimum atomic E-state index is -0.241. The van der Waals surface area contributed by atoms with Gasteiger partial charge in [0, 0.05) is 6.54 Å². The second-order valence-corrected chi connectivity index (χ2v) is 3.56. The number of aliphatic hydroxyl groups excluding tert-OH is 1. The first-order valence-electron chi connectivity index (χ1n) is 4.97.